The highest BCUT2D eigenvalue weighted by atomic mass is 31.2. The molecule has 3 nitrogen and oxygen atoms in total. The van der Waals surface area contributed by atoms with Crippen molar-refractivity contribution < 1.29 is 14.0 Å². The fraction of sp³-hybridized carbons (Fsp3) is 1.00. The van der Waals surface area contributed by atoms with Crippen molar-refractivity contribution in [1.29, 1.82) is 0 Å². The number of rotatable bonds is 5. The van der Waals surface area contributed by atoms with Crippen LogP contribution in [0.4, 0.5) is 0 Å². The Balaban J connectivity index is 1.69. The Bertz CT molecular complexity index is 281. The van der Waals surface area contributed by atoms with E-state index in [-0.39, 0.29) is 5.66 Å². The standard InChI is InChI=1S/C14H27O3P/c15-18(16,14-9-5-2-6-10-14)17-12-11-13-7-3-1-4-8-13/h13-14H,1-12H2,(H,15,16). The molecule has 0 spiro atoms. The topological polar surface area (TPSA) is 46.5 Å². The maximum absolute atomic E-state index is 12.1. The first-order valence-corrected chi connectivity index (χ1v) is 9.30. The molecule has 4 heteroatoms. The van der Waals surface area contributed by atoms with Crippen LogP contribution in [0, 0.1) is 5.92 Å². The van der Waals surface area contributed by atoms with Gasteiger partial charge in [0.25, 0.3) is 0 Å². The zero-order valence-corrected chi connectivity index (χ0v) is 12.2. The molecule has 0 heterocycles. The fourth-order valence-corrected chi connectivity index (χ4v) is 4.93. The van der Waals surface area contributed by atoms with E-state index in [2.05, 4.69) is 0 Å². The second-order valence-corrected chi connectivity index (χ2v) is 8.10. The van der Waals surface area contributed by atoms with Crippen LogP contribution in [0.3, 0.4) is 0 Å². The summed E-state index contributed by atoms with van der Waals surface area (Å²) < 4.78 is 17.5. The van der Waals surface area contributed by atoms with Crippen molar-refractivity contribution in [1.82, 2.24) is 0 Å². The third kappa shape index (κ3) is 4.36. The first-order valence-electron chi connectivity index (χ1n) is 7.65. The molecule has 106 valence electrons. The summed E-state index contributed by atoms with van der Waals surface area (Å²) >= 11 is 0. The van der Waals surface area contributed by atoms with Crippen molar-refractivity contribution in [2.24, 2.45) is 5.92 Å². The van der Waals surface area contributed by atoms with Gasteiger partial charge in [-0.2, -0.15) is 0 Å². The van der Waals surface area contributed by atoms with Crippen LogP contribution >= 0.6 is 7.60 Å². The van der Waals surface area contributed by atoms with E-state index < -0.39 is 7.60 Å². The normalized spacial score (nSPS) is 26.9. The van der Waals surface area contributed by atoms with Crippen LogP contribution in [0.2, 0.25) is 0 Å². The molecule has 0 saturated heterocycles. The average Bonchev–Trinajstić information content (AvgIpc) is 2.41. The molecule has 0 aromatic carbocycles. The molecule has 2 fully saturated rings. The molecular formula is C14H27O3P. The Hall–Kier alpha value is 0.150. The van der Waals surface area contributed by atoms with Crippen molar-refractivity contribution in [3.05, 3.63) is 0 Å². The molecule has 2 aliphatic rings. The van der Waals surface area contributed by atoms with Crippen LogP contribution in [-0.4, -0.2) is 17.2 Å². The minimum absolute atomic E-state index is 0.0856. The van der Waals surface area contributed by atoms with Crippen molar-refractivity contribution in [2.75, 3.05) is 6.61 Å². The minimum Gasteiger partial charge on any atom is -0.324 e. The van der Waals surface area contributed by atoms with Gasteiger partial charge in [-0.25, -0.2) is 0 Å². The highest BCUT2D eigenvalue weighted by Crippen LogP contribution is 2.53. The molecule has 0 aliphatic heterocycles. The van der Waals surface area contributed by atoms with Crippen molar-refractivity contribution in [2.45, 2.75) is 76.3 Å². The van der Waals surface area contributed by atoms with E-state index in [1.54, 1.807) is 0 Å². The summed E-state index contributed by atoms with van der Waals surface area (Å²) in [7, 11) is -3.34. The van der Waals surface area contributed by atoms with Crippen LogP contribution in [0.15, 0.2) is 0 Å². The zero-order chi connectivity index (χ0) is 12.8. The highest BCUT2D eigenvalue weighted by Gasteiger charge is 2.33. The van der Waals surface area contributed by atoms with E-state index in [1.165, 1.54) is 38.5 Å². The van der Waals surface area contributed by atoms with Gasteiger partial charge in [0.2, 0.25) is 0 Å². The third-order valence-electron chi connectivity index (χ3n) is 4.56. The third-order valence-corrected chi connectivity index (χ3v) is 6.56. The SMILES string of the molecule is O=P(O)(OCCC1CCCCC1)C1CCCCC1. The van der Waals surface area contributed by atoms with Gasteiger partial charge in [0.15, 0.2) is 0 Å². The lowest BCUT2D eigenvalue weighted by atomic mass is 9.87. The van der Waals surface area contributed by atoms with Crippen LogP contribution in [0.25, 0.3) is 0 Å². The van der Waals surface area contributed by atoms with E-state index >= 15 is 0 Å². The first-order chi connectivity index (χ1) is 8.68. The van der Waals surface area contributed by atoms with Crippen LogP contribution in [-0.2, 0) is 9.09 Å². The molecular weight excluding hydrogens is 247 g/mol. The quantitative estimate of drug-likeness (QED) is 0.751. The molecule has 2 saturated carbocycles. The van der Waals surface area contributed by atoms with Gasteiger partial charge in [0.05, 0.1) is 12.3 Å². The second-order valence-electron chi connectivity index (χ2n) is 5.98. The monoisotopic (exact) mass is 274 g/mol. The van der Waals surface area contributed by atoms with Crippen LogP contribution in [0.1, 0.15) is 70.6 Å². The van der Waals surface area contributed by atoms with Gasteiger partial charge in [-0.15, -0.1) is 0 Å². The summed E-state index contributed by atoms with van der Waals surface area (Å²) in [6.07, 6.45) is 12.7. The molecule has 2 rings (SSSR count). The summed E-state index contributed by atoms with van der Waals surface area (Å²) in [5.74, 6) is 0.727. The second kappa shape index (κ2) is 7.07. The van der Waals surface area contributed by atoms with Crippen LogP contribution < -0.4 is 0 Å². The van der Waals surface area contributed by atoms with E-state index in [9.17, 15) is 9.46 Å². The highest BCUT2D eigenvalue weighted by molar-refractivity contribution is 7.53. The molecule has 1 unspecified atom stereocenters. The molecule has 0 bridgehead atoms. The first kappa shape index (κ1) is 14.6. The van der Waals surface area contributed by atoms with E-state index in [1.807, 2.05) is 0 Å². The minimum atomic E-state index is -3.34. The summed E-state index contributed by atoms with van der Waals surface area (Å²) in [5, 5.41) is 0. The van der Waals surface area contributed by atoms with Crippen molar-refractivity contribution in [3.8, 4) is 0 Å². The number of hydrogen-bond donors (Lipinski definition) is 1. The van der Waals surface area contributed by atoms with Crippen LogP contribution in [0.5, 0.6) is 0 Å². The summed E-state index contributed by atoms with van der Waals surface area (Å²) in [6, 6.07) is 0. The summed E-state index contributed by atoms with van der Waals surface area (Å²) in [6.45, 7) is 0.481. The van der Waals surface area contributed by atoms with Crippen molar-refractivity contribution >= 4 is 7.60 Å². The predicted molar refractivity (Wildman–Crippen MR) is 73.8 cm³/mol. The largest absolute Gasteiger partial charge is 0.331 e. The predicted octanol–water partition coefficient (Wildman–Crippen LogP) is 4.49. The number of hydrogen-bond acceptors (Lipinski definition) is 2. The smallest absolute Gasteiger partial charge is 0.324 e. The molecule has 0 aromatic heterocycles. The van der Waals surface area contributed by atoms with Gasteiger partial charge in [-0.1, -0.05) is 51.4 Å². The van der Waals surface area contributed by atoms with Gasteiger partial charge < -0.3 is 9.42 Å². The van der Waals surface area contributed by atoms with Gasteiger partial charge in [0, 0.05) is 0 Å². The van der Waals surface area contributed by atoms with E-state index in [0.29, 0.717) is 6.61 Å². The molecule has 18 heavy (non-hydrogen) atoms. The zero-order valence-electron chi connectivity index (χ0n) is 11.4. The van der Waals surface area contributed by atoms with Gasteiger partial charge in [-0.05, 0) is 25.2 Å². The maximum atomic E-state index is 12.1. The maximum Gasteiger partial charge on any atom is 0.331 e. The van der Waals surface area contributed by atoms with Gasteiger partial charge >= 0.3 is 7.60 Å². The van der Waals surface area contributed by atoms with E-state index in [4.69, 9.17) is 4.52 Å². The average molecular weight is 274 g/mol. The molecule has 0 radical (unpaired) electrons. The lowest BCUT2D eigenvalue weighted by molar-refractivity contribution is 0.209. The Morgan fingerprint density at radius 2 is 1.50 bits per heavy atom. The summed E-state index contributed by atoms with van der Waals surface area (Å²) in [4.78, 5) is 10.0. The Kier molecular flexibility index (Phi) is 5.72. The van der Waals surface area contributed by atoms with Gasteiger partial charge in [0.1, 0.15) is 0 Å². The lowest BCUT2D eigenvalue weighted by Crippen LogP contribution is -2.16. The van der Waals surface area contributed by atoms with Gasteiger partial charge in [-0.3, -0.25) is 4.57 Å². The summed E-state index contributed by atoms with van der Waals surface area (Å²) in [5.41, 5.74) is -0.0856. The molecule has 0 amide bonds. The van der Waals surface area contributed by atoms with Crippen molar-refractivity contribution in [3.63, 3.8) is 0 Å². The molecule has 1 atom stereocenters. The molecule has 0 aromatic rings. The lowest BCUT2D eigenvalue weighted by Gasteiger charge is -2.27. The Morgan fingerprint density at radius 1 is 0.944 bits per heavy atom. The Labute approximate surface area is 111 Å². The molecule has 2 aliphatic carbocycles. The fourth-order valence-electron chi connectivity index (χ4n) is 3.34. The Morgan fingerprint density at radius 3 is 2.11 bits per heavy atom. The van der Waals surface area contributed by atoms with E-state index in [0.717, 1.165) is 38.0 Å². The molecule has 1 N–H and O–H groups in total.